The van der Waals surface area contributed by atoms with Crippen molar-refractivity contribution >= 4 is 34.9 Å². The van der Waals surface area contributed by atoms with Crippen LogP contribution in [0, 0.1) is 0 Å². The summed E-state index contributed by atoms with van der Waals surface area (Å²) in [6, 6.07) is 1.64. The van der Waals surface area contributed by atoms with Gasteiger partial charge in [-0.1, -0.05) is 13.8 Å². The summed E-state index contributed by atoms with van der Waals surface area (Å²) in [6.45, 7) is 8.60. The van der Waals surface area contributed by atoms with E-state index in [-0.39, 0.29) is 0 Å². The maximum atomic E-state index is 11.8. The Hall–Kier alpha value is -2.17. The van der Waals surface area contributed by atoms with Crippen LogP contribution in [-0.4, -0.2) is 79.6 Å². The van der Waals surface area contributed by atoms with Gasteiger partial charge in [0.15, 0.2) is 0 Å². The van der Waals surface area contributed by atoms with Crippen LogP contribution in [0.25, 0.3) is 6.08 Å². The standard InChI is InChI=1S/C18H27N5O4S/c1-5-23(6-2)8-7-22(3)17-19-13(11-14-16(24)21-18(25)28-14)12-15(20-17)27-10-9-26-4/h11-12H,5-10H2,1-4H3,(H,21,24,25)/b14-11+. The lowest BCUT2D eigenvalue weighted by atomic mass is 10.3. The van der Waals surface area contributed by atoms with E-state index < -0.39 is 11.1 Å². The van der Waals surface area contributed by atoms with E-state index in [2.05, 4.69) is 34.0 Å². The van der Waals surface area contributed by atoms with Crippen LogP contribution in [0.4, 0.5) is 10.7 Å². The highest BCUT2D eigenvalue weighted by atomic mass is 32.2. The molecule has 9 nitrogen and oxygen atoms in total. The molecule has 154 valence electrons. The number of rotatable bonds is 11. The van der Waals surface area contributed by atoms with Crippen LogP contribution in [0.5, 0.6) is 5.88 Å². The molecule has 2 heterocycles. The summed E-state index contributed by atoms with van der Waals surface area (Å²) in [5.74, 6) is 0.453. The highest BCUT2D eigenvalue weighted by molar-refractivity contribution is 8.18. The fraction of sp³-hybridized carbons (Fsp3) is 0.556. The van der Waals surface area contributed by atoms with Gasteiger partial charge in [-0.3, -0.25) is 14.9 Å². The molecule has 0 aliphatic carbocycles. The van der Waals surface area contributed by atoms with Crippen LogP contribution in [0.2, 0.25) is 0 Å². The van der Waals surface area contributed by atoms with Crippen LogP contribution in [-0.2, 0) is 9.53 Å². The molecule has 0 aromatic carbocycles. The second kappa shape index (κ2) is 11.0. The number of hydrogen-bond acceptors (Lipinski definition) is 9. The van der Waals surface area contributed by atoms with E-state index in [1.807, 2.05) is 11.9 Å². The molecule has 2 rings (SSSR count). The molecule has 1 aliphatic rings. The van der Waals surface area contributed by atoms with Gasteiger partial charge in [0.25, 0.3) is 11.1 Å². The Morgan fingerprint density at radius 1 is 1.18 bits per heavy atom. The van der Waals surface area contributed by atoms with Gasteiger partial charge in [0.2, 0.25) is 11.8 Å². The zero-order chi connectivity index (χ0) is 20.5. The van der Waals surface area contributed by atoms with Crippen LogP contribution < -0.4 is 15.0 Å². The summed E-state index contributed by atoms with van der Waals surface area (Å²) in [5.41, 5.74) is 0.499. The highest BCUT2D eigenvalue weighted by Gasteiger charge is 2.25. The lowest BCUT2D eigenvalue weighted by molar-refractivity contribution is -0.115. The molecule has 1 N–H and O–H groups in total. The third-order valence-corrected chi connectivity index (χ3v) is 4.97. The predicted molar refractivity (Wildman–Crippen MR) is 110 cm³/mol. The molecule has 0 atom stereocenters. The molecule has 0 saturated carbocycles. The number of ether oxygens (including phenoxy) is 2. The molecule has 0 bridgehead atoms. The predicted octanol–water partition coefficient (Wildman–Crippen LogP) is 1.60. The van der Waals surface area contributed by atoms with Crippen molar-refractivity contribution in [2.24, 2.45) is 0 Å². The quantitative estimate of drug-likeness (QED) is 0.432. The number of likely N-dealkylation sites (N-methyl/N-ethyl adjacent to an activating group) is 2. The summed E-state index contributed by atoms with van der Waals surface area (Å²) in [5, 5.41) is 1.85. The Morgan fingerprint density at radius 2 is 1.93 bits per heavy atom. The second-order valence-electron chi connectivity index (χ2n) is 6.07. The highest BCUT2D eigenvalue weighted by Crippen LogP contribution is 2.26. The van der Waals surface area contributed by atoms with Crippen molar-refractivity contribution in [3.05, 3.63) is 16.7 Å². The number of methoxy groups -OCH3 is 1. The first-order valence-electron chi connectivity index (χ1n) is 9.16. The molecular weight excluding hydrogens is 382 g/mol. The number of imide groups is 1. The third kappa shape index (κ3) is 6.47. The Balaban J connectivity index is 2.22. The minimum absolute atomic E-state index is 0.295. The van der Waals surface area contributed by atoms with E-state index in [0.717, 1.165) is 37.9 Å². The fourth-order valence-corrected chi connectivity index (χ4v) is 3.13. The monoisotopic (exact) mass is 409 g/mol. The molecule has 0 spiro atoms. The van der Waals surface area contributed by atoms with Gasteiger partial charge in [0, 0.05) is 33.3 Å². The Morgan fingerprint density at radius 3 is 2.54 bits per heavy atom. The van der Waals surface area contributed by atoms with Gasteiger partial charge >= 0.3 is 0 Å². The van der Waals surface area contributed by atoms with E-state index in [4.69, 9.17) is 9.47 Å². The Labute approximate surface area is 169 Å². The summed E-state index contributed by atoms with van der Waals surface area (Å²) in [4.78, 5) is 36.7. The summed E-state index contributed by atoms with van der Waals surface area (Å²) in [6.07, 6.45) is 1.57. The number of amides is 2. The van der Waals surface area contributed by atoms with Crippen LogP contribution in [0.1, 0.15) is 19.5 Å². The van der Waals surface area contributed by atoms with E-state index in [1.54, 1.807) is 19.3 Å². The average Bonchev–Trinajstić information content (AvgIpc) is 2.99. The van der Waals surface area contributed by atoms with Crippen molar-refractivity contribution in [2.45, 2.75) is 13.8 Å². The van der Waals surface area contributed by atoms with Gasteiger partial charge in [-0.05, 0) is 30.9 Å². The van der Waals surface area contributed by atoms with Crippen LogP contribution in [0.3, 0.4) is 0 Å². The lowest BCUT2D eigenvalue weighted by Crippen LogP contribution is -2.33. The maximum Gasteiger partial charge on any atom is 0.290 e. The molecule has 1 saturated heterocycles. The minimum atomic E-state index is -0.424. The number of carbonyl (C=O) groups excluding carboxylic acids is 2. The number of aromatic nitrogens is 2. The van der Waals surface area contributed by atoms with Gasteiger partial charge in [-0.15, -0.1) is 0 Å². The van der Waals surface area contributed by atoms with E-state index in [9.17, 15) is 9.59 Å². The number of anilines is 1. The number of carbonyl (C=O) groups is 2. The zero-order valence-corrected chi connectivity index (χ0v) is 17.5. The van der Waals surface area contributed by atoms with Crippen LogP contribution in [0.15, 0.2) is 11.0 Å². The number of nitrogens with zero attached hydrogens (tertiary/aromatic N) is 4. The molecule has 10 heteroatoms. The minimum Gasteiger partial charge on any atom is -0.475 e. The molecule has 1 aliphatic heterocycles. The zero-order valence-electron chi connectivity index (χ0n) is 16.7. The second-order valence-corrected chi connectivity index (χ2v) is 7.09. The van der Waals surface area contributed by atoms with Gasteiger partial charge in [-0.25, -0.2) is 4.98 Å². The smallest absolute Gasteiger partial charge is 0.290 e. The fourth-order valence-electron chi connectivity index (χ4n) is 2.46. The molecule has 0 radical (unpaired) electrons. The first-order valence-corrected chi connectivity index (χ1v) is 9.97. The van der Waals surface area contributed by atoms with E-state index >= 15 is 0 Å². The molecule has 1 fully saturated rings. The molecular formula is C18H27N5O4S. The van der Waals surface area contributed by atoms with Crippen LogP contribution >= 0.6 is 11.8 Å². The Bertz CT molecular complexity index is 724. The normalized spacial score (nSPS) is 15.4. The topological polar surface area (TPSA) is 96.9 Å². The summed E-state index contributed by atoms with van der Waals surface area (Å²) >= 11 is 0.850. The lowest BCUT2D eigenvalue weighted by Gasteiger charge is -2.23. The number of hydrogen-bond donors (Lipinski definition) is 1. The molecule has 0 unspecified atom stereocenters. The molecule has 28 heavy (non-hydrogen) atoms. The van der Waals surface area contributed by atoms with Crippen molar-refractivity contribution < 1.29 is 19.1 Å². The number of nitrogens with one attached hydrogen (secondary N) is 1. The molecule has 1 aromatic heterocycles. The van der Waals surface area contributed by atoms with Crippen molar-refractivity contribution in [3.8, 4) is 5.88 Å². The van der Waals surface area contributed by atoms with Crippen molar-refractivity contribution in [1.82, 2.24) is 20.2 Å². The summed E-state index contributed by atoms with van der Waals surface area (Å²) in [7, 11) is 3.51. The largest absolute Gasteiger partial charge is 0.475 e. The molecule has 2 amide bonds. The van der Waals surface area contributed by atoms with Crippen molar-refractivity contribution in [2.75, 3.05) is 58.5 Å². The van der Waals surface area contributed by atoms with Crippen molar-refractivity contribution in [3.63, 3.8) is 0 Å². The van der Waals surface area contributed by atoms with Gasteiger partial charge in [-0.2, -0.15) is 4.98 Å². The van der Waals surface area contributed by atoms with Crippen molar-refractivity contribution in [1.29, 1.82) is 0 Å². The first kappa shape index (κ1) is 22.1. The summed E-state index contributed by atoms with van der Waals surface area (Å²) < 4.78 is 10.6. The van der Waals surface area contributed by atoms with Gasteiger partial charge in [0.1, 0.15) is 6.61 Å². The van der Waals surface area contributed by atoms with E-state index in [1.165, 1.54) is 0 Å². The average molecular weight is 410 g/mol. The Kier molecular flexibility index (Phi) is 8.68. The third-order valence-electron chi connectivity index (χ3n) is 4.16. The van der Waals surface area contributed by atoms with Gasteiger partial charge in [0.05, 0.1) is 17.2 Å². The van der Waals surface area contributed by atoms with Gasteiger partial charge < -0.3 is 19.3 Å². The maximum absolute atomic E-state index is 11.8. The number of thioether (sulfide) groups is 1. The molecule has 1 aromatic rings. The first-order chi connectivity index (χ1) is 13.5. The van der Waals surface area contributed by atoms with E-state index in [0.29, 0.717) is 35.6 Å². The SMILES string of the molecule is CCN(CC)CCN(C)c1nc(/C=C2/SC(=O)NC2=O)cc(OCCOC)n1.